The Bertz CT molecular complexity index is 281. The van der Waals surface area contributed by atoms with E-state index in [1.54, 1.807) is 0 Å². The molecule has 0 atom stereocenters. The standard InChI is InChI=1S/C6H6.C4H11NO2S/c1-2-4-6-5-3-1;1-2-3-4-8(5,6)7/h1-6H;2-4H2,1H3,(H2,5,6,7). The maximum atomic E-state index is 10.2. The predicted molar refractivity (Wildman–Crippen MR) is 59.3 cm³/mol. The third-order valence-electron chi connectivity index (χ3n) is 1.45. The van der Waals surface area contributed by atoms with E-state index in [4.69, 9.17) is 5.14 Å². The van der Waals surface area contributed by atoms with Gasteiger partial charge in [-0.3, -0.25) is 0 Å². The summed E-state index contributed by atoms with van der Waals surface area (Å²) >= 11 is 0. The molecule has 0 radical (unpaired) electrons. The average Bonchev–Trinajstić information content (AvgIpc) is 2.17. The van der Waals surface area contributed by atoms with Crippen LogP contribution in [0.15, 0.2) is 36.4 Å². The lowest BCUT2D eigenvalue weighted by atomic mass is 10.4. The normalized spacial score (nSPS) is 10.1. The fourth-order valence-electron chi connectivity index (χ4n) is 0.730. The molecule has 4 heteroatoms. The first-order valence-corrected chi connectivity index (χ1v) is 6.28. The Morgan fingerprint density at radius 3 is 1.50 bits per heavy atom. The Balaban J connectivity index is 0.000000249. The highest BCUT2D eigenvalue weighted by Gasteiger charge is 1.98. The molecule has 0 aliphatic rings. The van der Waals surface area contributed by atoms with Crippen LogP contribution in [0.2, 0.25) is 0 Å². The van der Waals surface area contributed by atoms with Crippen molar-refractivity contribution >= 4 is 10.0 Å². The van der Waals surface area contributed by atoms with Gasteiger partial charge >= 0.3 is 0 Å². The Morgan fingerprint density at radius 1 is 1.00 bits per heavy atom. The van der Waals surface area contributed by atoms with Crippen LogP contribution in [-0.4, -0.2) is 14.2 Å². The quantitative estimate of drug-likeness (QED) is 0.835. The number of sulfonamides is 1. The Labute approximate surface area is 86.0 Å². The van der Waals surface area contributed by atoms with Gasteiger partial charge in [-0.05, 0) is 6.42 Å². The lowest BCUT2D eigenvalue weighted by Crippen LogP contribution is -2.15. The molecule has 0 fully saturated rings. The van der Waals surface area contributed by atoms with E-state index < -0.39 is 10.0 Å². The number of nitrogens with two attached hydrogens (primary N) is 1. The Hall–Kier alpha value is -0.870. The van der Waals surface area contributed by atoms with E-state index in [2.05, 4.69) is 0 Å². The molecular weight excluding hydrogens is 198 g/mol. The summed E-state index contributed by atoms with van der Waals surface area (Å²) in [5.74, 6) is 0.115. The number of primary sulfonamides is 1. The van der Waals surface area contributed by atoms with E-state index in [1.807, 2.05) is 43.3 Å². The summed E-state index contributed by atoms with van der Waals surface area (Å²) in [6.07, 6.45) is 1.54. The van der Waals surface area contributed by atoms with Crippen LogP contribution < -0.4 is 5.14 Å². The first kappa shape index (κ1) is 13.1. The lowest BCUT2D eigenvalue weighted by molar-refractivity contribution is 0.594. The zero-order valence-corrected chi connectivity index (χ0v) is 9.20. The van der Waals surface area contributed by atoms with Crippen LogP contribution in [0.4, 0.5) is 0 Å². The van der Waals surface area contributed by atoms with E-state index in [0.717, 1.165) is 6.42 Å². The SMILES string of the molecule is CCCCS(N)(=O)=O.c1ccccc1. The molecule has 3 nitrogen and oxygen atoms in total. The van der Waals surface area contributed by atoms with Crippen LogP contribution in [0.25, 0.3) is 0 Å². The van der Waals surface area contributed by atoms with Crippen molar-refractivity contribution in [1.29, 1.82) is 0 Å². The van der Waals surface area contributed by atoms with Crippen LogP contribution >= 0.6 is 0 Å². The average molecular weight is 215 g/mol. The summed E-state index contributed by atoms with van der Waals surface area (Å²) in [4.78, 5) is 0. The van der Waals surface area contributed by atoms with Crippen LogP contribution in [0.3, 0.4) is 0 Å². The molecule has 1 rings (SSSR count). The van der Waals surface area contributed by atoms with Crippen molar-refractivity contribution in [3.63, 3.8) is 0 Å². The highest BCUT2D eigenvalue weighted by molar-refractivity contribution is 7.89. The van der Waals surface area contributed by atoms with Crippen molar-refractivity contribution in [2.45, 2.75) is 19.8 Å². The van der Waals surface area contributed by atoms with Crippen molar-refractivity contribution in [3.8, 4) is 0 Å². The molecule has 0 spiro atoms. The Kier molecular flexibility index (Phi) is 7.06. The molecule has 0 heterocycles. The van der Waals surface area contributed by atoms with E-state index in [1.165, 1.54) is 0 Å². The van der Waals surface area contributed by atoms with Crippen LogP contribution in [-0.2, 0) is 10.0 Å². The third-order valence-corrected chi connectivity index (χ3v) is 2.31. The molecule has 14 heavy (non-hydrogen) atoms. The molecule has 0 saturated heterocycles. The lowest BCUT2D eigenvalue weighted by Gasteiger charge is -1.91. The fraction of sp³-hybridized carbons (Fsp3) is 0.400. The van der Waals surface area contributed by atoms with Gasteiger partial charge in [0, 0.05) is 0 Å². The molecule has 0 unspecified atom stereocenters. The molecule has 1 aromatic carbocycles. The highest BCUT2D eigenvalue weighted by atomic mass is 32.2. The summed E-state index contributed by atoms with van der Waals surface area (Å²) in [6.45, 7) is 1.92. The minimum absolute atomic E-state index is 0.115. The molecule has 80 valence electrons. The molecular formula is C10H17NO2S. The van der Waals surface area contributed by atoms with Gasteiger partial charge < -0.3 is 0 Å². The molecule has 0 amide bonds. The summed E-state index contributed by atoms with van der Waals surface area (Å²) in [5.41, 5.74) is 0. The zero-order valence-electron chi connectivity index (χ0n) is 8.39. The number of hydrogen-bond donors (Lipinski definition) is 1. The first-order chi connectivity index (χ1) is 6.56. The van der Waals surface area contributed by atoms with E-state index >= 15 is 0 Å². The van der Waals surface area contributed by atoms with Gasteiger partial charge in [0.25, 0.3) is 0 Å². The summed E-state index contributed by atoms with van der Waals surface area (Å²) in [5, 5.41) is 4.69. The zero-order chi connectivity index (χ0) is 10.9. The van der Waals surface area contributed by atoms with Crippen LogP contribution in [0, 0.1) is 0 Å². The topological polar surface area (TPSA) is 60.2 Å². The van der Waals surface area contributed by atoms with E-state index in [-0.39, 0.29) is 5.75 Å². The summed E-state index contributed by atoms with van der Waals surface area (Å²) in [7, 11) is -3.19. The van der Waals surface area contributed by atoms with Gasteiger partial charge in [-0.15, -0.1) is 0 Å². The number of hydrogen-bond acceptors (Lipinski definition) is 2. The first-order valence-electron chi connectivity index (χ1n) is 4.56. The molecule has 0 aliphatic carbocycles. The molecule has 0 bridgehead atoms. The highest BCUT2D eigenvalue weighted by Crippen LogP contribution is 1.88. The molecule has 0 aliphatic heterocycles. The minimum Gasteiger partial charge on any atom is -0.229 e. The van der Waals surface area contributed by atoms with Gasteiger partial charge in [0.15, 0.2) is 0 Å². The van der Waals surface area contributed by atoms with Crippen molar-refractivity contribution in [3.05, 3.63) is 36.4 Å². The summed E-state index contributed by atoms with van der Waals surface area (Å²) < 4.78 is 20.3. The molecule has 1 aromatic rings. The molecule has 2 N–H and O–H groups in total. The van der Waals surface area contributed by atoms with Gasteiger partial charge in [0.1, 0.15) is 0 Å². The Morgan fingerprint density at radius 2 is 1.36 bits per heavy atom. The second-order valence-corrected chi connectivity index (χ2v) is 4.61. The smallest absolute Gasteiger partial charge is 0.209 e. The van der Waals surface area contributed by atoms with Crippen LogP contribution in [0.5, 0.6) is 0 Å². The van der Waals surface area contributed by atoms with Gasteiger partial charge in [0.2, 0.25) is 10.0 Å². The monoisotopic (exact) mass is 215 g/mol. The number of unbranched alkanes of at least 4 members (excludes halogenated alkanes) is 1. The van der Waals surface area contributed by atoms with E-state index in [9.17, 15) is 8.42 Å². The number of rotatable bonds is 3. The third kappa shape index (κ3) is 11.1. The maximum absolute atomic E-state index is 10.2. The van der Waals surface area contributed by atoms with Crippen molar-refractivity contribution in [1.82, 2.24) is 0 Å². The predicted octanol–water partition coefficient (Wildman–Crippen LogP) is 1.76. The summed E-state index contributed by atoms with van der Waals surface area (Å²) in [6, 6.07) is 12.0. The van der Waals surface area contributed by atoms with E-state index in [0.29, 0.717) is 6.42 Å². The second-order valence-electron chi connectivity index (χ2n) is 2.88. The van der Waals surface area contributed by atoms with Gasteiger partial charge in [-0.1, -0.05) is 49.7 Å². The fourth-order valence-corrected chi connectivity index (χ4v) is 1.42. The minimum atomic E-state index is -3.19. The maximum Gasteiger partial charge on any atom is 0.209 e. The van der Waals surface area contributed by atoms with Gasteiger partial charge in [-0.2, -0.15) is 0 Å². The molecule has 0 aromatic heterocycles. The van der Waals surface area contributed by atoms with Gasteiger partial charge in [-0.25, -0.2) is 13.6 Å². The van der Waals surface area contributed by atoms with Gasteiger partial charge in [0.05, 0.1) is 5.75 Å². The van der Waals surface area contributed by atoms with Crippen molar-refractivity contribution < 1.29 is 8.42 Å². The second kappa shape index (κ2) is 7.53. The largest absolute Gasteiger partial charge is 0.229 e. The number of benzene rings is 1. The van der Waals surface area contributed by atoms with Crippen molar-refractivity contribution in [2.75, 3.05) is 5.75 Å². The van der Waals surface area contributed by atoms with Crippen LogP contribution in [0.1, 0.15) is 19.8 Å². The molecule has 0 saturated carbocycles. The van der Waals surface area contributed by atoms with Crippen molar-refractivity contribution in [2.24, 2.45) is 5.14 Å².